The highest BCUT2D eigenvalue weighted by Crippen LogP contribution is 2.46. The molecule has 0 saturated heterocycles. The van der Waals surface area contributed by atoms with Crippen LogP contribution in [0.15, 0.2) is 0 Å². The maximum absolute atomic E-state index is 11.8. The summed E-state index contributed by atoms with van der Waals surface area (Å²) >= 11 is 0. The average Bonchev–Trinajstić information content (AvgIpc) is 2.19. The van der Waals surface area contributed by atoms with Crippen molar-refractivity contribution in [2.24, 2.45) is 5.73 Å². The predicted molar refractivity (Wildman–Crippen MR) is 58.4 cm³/mol. The summed E-state index contributed by atoms with van der Waals surface area (Å²) in [5.41, 5.74) is 5.36. The van der Waals surface area contributed by atoms with E-state index in [4.69, 9.17) is 14.8 Å². The summed E-state index contributed by atoms with van der Waals surface area (Å²) in [7, 11) is -2.98. The molecule has 0 heterocycles. The van der Waals surface area contributed by atoms with Crippen molar-refractivity contribution >= 4 is 7.60 Å². The molecule has 0 spiro atoms. The van der Waals surface area contributed by atoms with Gasteiger partial charge in [-0.25, -0.2) is 0 Å². The molecule has 0 aliphatic carbocycles. The highest BCUT2D eigenvalue weighted by Gasteiger charge is 2.21. The van der Waals surface area contributed by atoms with Crippen LogP contribution in [0.5, 0.6) is 0 Å². The van der Waals surface area contributed by atoms with E-state index in [1.165, 1.54) is 0 Å². The fourth-order valence-electron chi connectivity index (χ4n) is 0.839. The summed E-state index contributed by atoms with van der Waals surface area (Å²) in [6.07, 6.45) is 3.78. The van der Waals surface area contributed by atoms with Crippen LogP contribution in [0.25, 0.3) is 0 Å². The second kappa shape index (κ2) is 8.42. The smallest absolute Gasteiger partial charge is 0.320 e. The Morgan fingerprint density at radius 2 is 1.50 bits per heavy atom. The predicted octanol–water partition coefficient (Wildman–Crippen LogP) is 2.73. The molecule has 5 heteroatoms. The van der Waals surface area contributed by atoms with E-state index in [2.05, 4.69) is 13.8 Å². The van der Waals surface area contributed by atoms with Crippen molar-refractivity contribution < 1.29 is 13.6 Å². The standard InChI is InChI=1S/C9H22NO3P/c1-3-5-7-12-14(11,9-10)13-8-6-4-2/h3-10H2,1-2H3. The van der Waals surface area contributed by atoms with Crippen LogP contribution in [0.4, 0.5) is 0 Å². The zero-order valence-electron chi connectivity index (χ0n) is 9.20. The molecule has 4 nitrogen and oxygen atoms in total. The molecule has 0 aromatic rings. The lowest BCUT2D eigenvalue weighted by atomic mass is 10.4. The zero-order chi connectivity index (χ0) is 10.9. The van der Waals surface area contributed by atoms with Crippen LogP contribution in [-0.4, -0.2) is 19.5 Å². The second-order valence-corrected chi connectivity index (χ2v) is 5.27. The van der Waals surface area contributed by atoms with E-state index in [1.807, 2.05) is 0 Å². The molecule has 86 valence electrons. The minimum Gasteiger partial charge on any atom is -0.320 e. The Labute approximate surface area is 86.7 Å². The van der Waals surface area contributed by atoms with E-state index in [1.54, 1.807) is 0 Å². The van der Waals surface area contributed by atoms with Gasteiger partial charge in [0.1, 0.15) is 0 Å². The highest BCUT2D eigenvalue weighted by molar-refractivity contribution is 7.53. The third-order valence-electron chi connectivity index (χ3n) is 1.80. The first-order valence-electron chi connectivity index (χ1n) is 5.26. The second-order valence-electron chi connectivity index (χ2n) is 3.17. The van der Waals surface area contributed by atoms with E-state index >= 15 is 0 Å². The first kappa shape index (κ1) is 14.1. The fourth-order valence-corrected chi connectivity index (χ4v) is 1.94. The SMILES string of the molecule is CCCCOP(=O)(CN)OCCCC. The van der Waals surface area contributed by atoms with Crippen LogP contribution in [0.2, 0.25) is 0 Å². The Morgan fingerprint density at radius 3 is 1.79 bits per heavy atom. The molecule has 0 fully saturated rings. The molecule has 0 aromatic heterocycles. The van der Waals surface area contributed by atoms with Gasteiger partial charge < -0.3 is 14.8 Å². The lowest BCUT2D eigenvalue weighted by Gasteiger charge is -2.16. The summed E-state index contributed by atoms with van der Waals surface area (Å²) < 4.78 is 22.1. The van der Waals surface area contributed by atoms with Crippen molar-refractivity contribution in [2.45, 2.75) is 39.5 Å². The minimum absolute atomic E-state index is 0.0274. The van der Waals surface area contributed by atoms with Crippen LogP contribution in [0.3, 0.4) is 0 Å². The molecule has 2 N–H and O–H groups in total. The zero-order valence-corrected chi connectivity index (χ0v) is 10.1. The molecule has 0 atom stereocenters. The molecule has 0 aliphatic rings. The Morgan fingerprint density at radius 1 is 1.07 bits per heavy atom. The molecule has 0 amide bonds. The van der Waals surface area contributed by atoms with Gasteiger partial charge in [-0.05, 0) is 12.8 Å². The molecule has 0 saturated carbocycles. The number of hydrogen-bond acceptors (Lipinski definition) is 4. The molecular formula is C9H22NO3P. The number of nitrogens with two attached hydrogens (primary N) is 1. The molecular weight excluding hydrogens is 201 g/mol. The highest BCUT2D eigenvalue weighted by atomic mass is 31.2. The van der Waals surface area contributed by atoms with E-state index < -0.39 is 7.60 Å². The van der Waals surface area contributed by atoms with Crippen molar-refractivity contribution in [1.82, 2.24) is 0 Å². The molecule has 0 aliphatic heterocycles. The van der Waals surface area contributed by atoms with Gasteiger partial charge in [-0.3, -0.25) is 4.57 Å². The number of unbranched alkanes of at least 4 members (excludes halogenated alkanes) is 2. The summed E-state index contributed by atoms with van der Waals surface area (Å²) in [5, 5.41) is 0. The quantitative estimate of drug-likeness (QED) is 0.482. The maximum atomic E-state index is 11.8. The molecule has 0 unspecified atom stereocenters. The van der Waals surface area contributed by atoms with Crippen molar-refractivity contribution in [1.29, 1.82) is 0 Å². The summed E-state index contributed by atoms with van der Waals surface area (Å²) in [4.78, 5) is 0. The van der Waals surface area contributed by atoms with Crippen LogP contribution in [0.1, 0.15) is 39.5 Å². The fraction of sp³-hybridized carbons (Fsp3) is 1.00. The van der Waals surface area contributed by atoms with Crippen molar-refractivity contribution in [3.8, 4) is 0 Å². The van der Waals surface area contributed by atoms with Crippen LogP contribution < -0.4 is 5.73 Å². The van der Waals surface area contributed by atoms with Crippen molar-refractivity contribution in [3.63, 3.8) is 0 Å². The number of rotatable bonds is 9. The van der Waals surface area contributed by atoms with E-state index in [0.29, 0.717) is 13.2 Å². The van der Waals surface area contributed by atoms with E-state index in [-0.39, 0.29) is 6.29 Å². The first-order valence-corrected chi connectivity index (χ1v) is 6.99. The van der Waals surface area contributed by atoms with Gasteiger partial charge in [0.15, 0.2) is 0 Å². The van der Waals surface area contributed by atoms with Gasteiger partial charge in [0, 0.05) is 0 Å². The molecule has 14 heavy (non-hydrogen) atoms. The largest absolute Gasteiger partial charge is 0.344 e. The lowest BCUT2D eigenvalue weighted by molar-refractivity contribution is 0.200. The monoisotopic (exact) mass is 223 g/mol. The third kappa shape index (κ3) is 6.55. The minimum atomic E-state index is -2.98. The summed E-state index contributed by atoms with van der Waals surface area (Å²) in [5.74, 6) is 0. The van der Waals surface area contributed by atoms with Gasteiger partial charge in [0.25, 0.3) is 0 Å². The van der Waals surface area contributed by atoms with Crippen LogP contribution in [-0.2, 0) is 13.6 Å². The molecule has 0 radical (unpaired) electrons. The van der Waals surface area contributed by atoms with E-state index in [9.17, 15) is 4.57 Å². The van der Waals surface area contributed by atoms with Crippen LogP contribution in [0, 0.1) is 0 Å². The van der Waals surface area contributed by atoms with Gasteiger partial charge in [0.05, 0.1) is 19.5 Å². The van der Waals surface area contributed by atoms with Crippen LogP contribution >= 0.6 is 7.60 Å². The van der Waals surface area contributed by atoms with Gasteiger partial charge in [-0.1, -0.05) is 26.7 Å². The van der Waals surface area contributed by atoms with Gasteiger partial charge in [-0.15, -0.1) is 0 Å². The summed E-state index contributed by atoms with van der Waals surface area (Å²) in [6.45, 7) is 5.04. The average molecular weight is 223 g/mol. The van der Waals surface area contributed by atoms with Crippen molar-refractivity contribution in [3.05, 3.63) is 0 Å². The normalized spacial score (nSPS) is 11.9. The van der Waals surface area contributed by atoms with Gasteiger partial charge in [-0.2, -0.15) is 0 Å². The Hall–Kier alpha value is 0.110. The molecule has 0 bridgehead atoms. The number of hydrogen-bond donors (Lipinski definition) is 1. The topological polar surface area (TPSA) is 61.5 Å². The molecule has 0 aromatic carbocycles. The van der Waals surface area contributed by atoms with Crippen molar-refractivity contribution in [2.75, 3.05) is 19.5 Å². The van der Waals surface area contributed by atoms with Gasteiger partial charge >= 0.3 is 7.60 Å². The first-order chi connectivity index (χ1) is 6.68. The lowest BCUT2D eigenvalue weighted by Crippen LogP contribution is -2.08. The maximum Gasteiger partial charge on any atom is 0.344 e. The Kier molecular flexibility index (Phi) is 8.49. The molecule has 0 rings (SSSR count). The summed E-state index contributed by atoms with van der Waals surface area (Å²) in [6, 6.07) is 0. The third-order valence-corrected chi connectivity index (χ3v) is 3.39. The Balaban J connectivity index is 3.74. The Bertz CT molecular complexity index is 161. The van der Waals surface area contributed by atoms with E-state index in [0.717, 1.165) is 25.7 Å². The van der Waals surface area contributed by atoms with Gasteiger partial charge in [0.2, 0.25) is 0 Å².